The fraction of sp³-hybridized carbons (Fsp3) is 0.167. The molecule has 0 unspecified atom stereocenters. The lowest BCUT2D eigenvalue weighted by Crippen LogP contribution is -2.00. The molecule has 0 bridgehead atoms. The maximum atomic E-state index is 11.2. The first-order valence-electron chi connectivity index (χ1n) is 5.11. The fourth-order valence-corrected chi connectivity index (χ4v) is 1.81. The van der Waals surface area contributed by atoms with Crippen LogP contribution >= 0.6 is 11.6 Å². The maximum absolute atomic E-state index is 11.2. The Morgan fingerprint density at radius 1 is 1.53 bits per heavy atom. The van der Waals surface area contributed by atoms with E-state index in [2.05, 4.69) is 5.16 Å². The van der Waals surface area contributed by atoms with Crippen LogP contribution in [0.4, 0.5) is 0 Å². The minimum Gasteiger partial charge on any atom is -0.477 e. The number of benzene rings is 1. The first kappa shape index (κ1) is 11.7. The van der Waals surface area contributed by atoms with Gasteiger partial charge >= 0.3 is 5.97 Å². The van der Waals surface area contributed by atoms with E-state index < -0.39 is 5.97 Å². The zero-order chi connectivity index (χ0) is 12.4. The molecule has 88 valence electrons. The van der Waals surface area contributed by atoms with Crippen molar-refractivity contribution < 1.29 is 14.4 Å². The van der Waals surface area contributed by atoms with Gasteiger partial charge in [-0.1, -0.05) is 35.8 Å². The van der Waals surface area contributed by atoms with Crippen molar-refractivity contribution in [2.45, 2.75) is 13.3 Å². The van der Waals surface area contributed by atoms with E-state index in [1.165, 1.54) is 0 Å². The number of hydrogen-bond acceptors (Lipinski definition) is 3. The summed E-state index contributed by atoms with van der Waals surface area (Å²) in [6, 6.07) is 6.86. The van der Waals surface area contributed by atoms with Crippen molar-refractivity contribution in [1.82, 2.24) is 5.16 Å². The fourth-order valence-electron chi connectivity index (χ4n) is 1.62. The topological polar surface area (TPSA) is 63.3 Å². The van der Waals surface area contributed by atoms with Crippen molar-refractivity contribution >= 4 is 17.6 Å². The zero-order valence-electron chi connectivity index (χ0n) is 9.11. The average Bonchev–Trinajstić information content (AvgIpc) is 2.72. The highest BCUT2D eigenvalue weighted by Crippen LogP contribution is 2.27. The Morgan fingerprint density at radius 2 is 2.29 bits per heavy atom. The molecule has 0 radical (unpaired) electrons. The predicted octanol–water partition coefficient (Wildman–Crippen LogP) is 3.26. The number of nitrogens with zero attached hydrogens (tertiary/aromatic N) is 1. The lowest BCUT2D eigenvalue weighted by Gasteiger charge is -1.99. The summed E-state index contributed by atoms with van der Waals surface area (Å²) in [5.74, 6) is -0.675. The van der Waals surface area contributed by atoms with Crippen LogP contribution in [0.1, 0.15) is 23.0 Å². The third-order valence-electron chi connectivity index (χ3n) is 2.40. The molecular formula is C12H10ClNO3. The molecule has 0 spiro atoms. The highest BCUT2D eigenvalue weighted by atomic mass is 35.5. The van der Waals surface area contributed by atoms with Gasteiger partial charge in [0.25, 0.3) is 0 Å². The molecule has 2 aromatic rings. The number of rotatable bonds is 3. The van der Waals surface area contributed by atoms with Gasteiger partial charge in [-0.05, 0) is 12.1 Å². The molecule has 2 rings (SSSR count). The van der Waals surface area contributed by atoms with Gasteiger partial charge in [0.15, 0.2) is 5.76 Å². The highest BCUT2D eigenvalue weighted by Gasteiger charge is 2.22. The van der Waals surface area contributed by atoms with Crippen LogP contribution in [0.3, 0.4) is 0 Å². The molecule has 1 aromatic carbocycles. The monoisotopic (exact) mass is 251 g/mol. The smallest absolute Gasteiger partial charge is 0.341 e. The third-order valence-corrected chi connectivity index (χ3v) is 2.63. The van der Waals surface area contributed by atoms with E-state index in [9.17, 15) is 4.79 Å². The third kappa shape index (κ3) is 2.17. The quantitative estimate of drug-likeness (QED) is 0.909. The number of carbonyl (C=O) groups is 1. The van der Waals surface area contributed by atoms with E-state index in [1.807, 2.05) is 6.92 Å². The van der Waals surface area contributed by atoms with Gasteiger partial charge in [0, 0.05) is 17.0 Å². The largest absolute Gasteiger partial charge is 0.477 e. The van der Waals surface area contributed by atoms with Crippen molar-refractivity contribution in [2.75, 3.05) is 0 Å². The van der Waals surface area contributed by atoms with Crippen LogP contribution in [-0.4, -0.2) is 16.2 Å². The number of aromatic carboxylic acids is 1. The van der Waals surface area contributed by atoms with E-state index in [0.29, 0.717) is 28.5 Å². The molecule has 5 heteroatoms. The minimum absolute atomic E-state index is 0.106. The van der Waals surface area contributed by atoms with Crippen LogP contribution in [0.15, 0.2) is 28.8 Å². The first-order valence-corrected chi connectivity index (χ1v) is 5.49. The second-order valence-electron chi connectivity index (χ2n) is 3.50. The van der Waals surface area contributed by atoms with Gasteiger partial charge in [-0.3, -0.25) is 0 Å². The minimum atomic E-state index is -1.04. The van der Waals surface area contributed by atoms with E-state index in [4.69, 9.17) is 21.2 Å². The Morgan fingerprint density at radius 3 is 2.88 bits per heavy atom. The van der Waals surface area contributed by atoms with Gasteiger partial charge in [-0.2, -0.15) is 0 Å². The average molecular weight is 252 g/mol. The molecule has 0 amide bonds. The molecule has 0 saturated heterocycles. The molecule has 4 nitrogen and oxygen atoms in total. The van der Waals surface area contributed by atoms with Gasteiger partial charge < -0.3 is 9.63 Å². The maximum Gasteiger partial charge on any atom is 0.341 e. The van der Waals surface area contributed by atoms with E-state index in [1.54, 1.807) is 24.3 Å². The van der Waals surface area contributed by atoms with Gasteiger partial charge in [0.1, 0.15) is 11.3 Å². The van der Waals surface area contributed by atoms with Gasteiger partial charge in [-0.15, -0.1) is 0 Å². The molecule has 1 heterocycles. The van der Waals surface area contributed by atoms with Gasteiger partial charge in [0.05, 0.1) is 0 Å². The Hall–Kier alpha value is -1.81. The van der Waals surface area contributed by atoms with Crippen LogP contribution < -0.4 is 0 Å². The number of carboxylic acid groups (broad SMARTS) is 1. The van der Waals surface area contributed by atoms with E-state index in [0.717, 1.165) is 0 Å². The summed E-state index contributed by atoms with van der Waals surface area (Å²) in [6.07, 6.45) is 0.481. The molecule has 1 N–H and O–H groups in total. The zero-order valence-corrected chi connectivity index (χ0v) is 9.86. The Labute approximate surface area is 103 Å². The summed E-state index contributed by atoms with van der Waals surface area (Å²) in [6.45, 7) is 1.81. The van der Waals surface area contributed by atoms with Crippen LogP contribution in [-0.2, 0) is 6.42 Å². The second kappa shape index (κ2) is 4.59. The van der Waals surface area contributed by atoms with Crippen LogP contribution in [0.2, 0.25) is 5.02 Å². The Balaban J connectivity index is 2.60. The standard InChI is InChI=1S/C12H10ClNO3/c1-2-9-10(12(15)16)11(14-17-9)7-4-3-5-8(13)6-7/h3-6H,2H2,1H3,(H,15,16). The van der Waals surface area contributed by atoms with E-state index >= 15 is 0 Å². The van der Waals surface area contributed by atoms with Crippen LogP contribution in [0, 0.1) is 0 Å². The van der Waals surface area contributed by atoms with Crippen molar-refractivity contribution in [3.63, 3.8) is 0 Å². The number of carboxylic acids is 1. The summed E-state index contributed by atoms with van der Waals surface area (Å²) < 4.78 is 5.03. The molecule has 0 aliphatic rings. The van der Waals surface area contributed by atoms with Crippen molar-refractivity contribution in [1.29, 1.82) is 0 Å². The first-order chi connectivity index (χ1) is 8.13. The molecule has 0 saturated carbocycles. The summed E-state index contributed by atoms with van der Waals surface area (Å²) >= 11 is 5.86. The molecule has 0 aliphatic heterocycles. The summed E-state index contributed by atoms with van der Waals surface area (Å²) in [7, 11) is 0. The normalized spacial score (nSPS) is 10.5. The molecule has 0 fully saturated rings. The molecule has 1 aromatic heterocycles. The number of aromatic nitrogens is 1. The second-order valence-corrected chi connectivity index (χ2v) is 3.93. The van der Waals surface area contributed by atoms with Crippen molar-refractivity contribution in [2.24, 2.45) is 0 Å². The molecule has 0 aliphatic carbocycles. The Kier molecular flexibility index (Phi) is 3.15. The summed E-state index contributed by atoms with van der Waals surface area (Å²) in [4.78, 5) is 11.2. The number of halogens is 1. The molecule has 17 heavy (non-hydrogen) atoms. The predicted molar refractivity (Wildman–Crippen MR) is 63.3 cm³/mol. The van der Waals surface area contributed by atoms with Crippen molar-refractivity contribution in [3.05, 3.63) is 40.6 Å². The van der Waals surface area contributed by atoms with E-state index in [-0.39, 0.29) is 5.56 Å². The van der Waals surface area contributed by atoms with Crippen LogP contribution in [0.5, 0.6) is 0 Å². The SMILES string of the molecule is CCc1onc(-c2cccc(Cl)c2)c1C(=O)O. The highest BCUT2D eigenvalue weighted by molar-refractivity contribution is 6.30. The van der Waals surface area contributed by atoms with Gasteiger partial charge in [-0.25, -0.2) is 4.79 Å². The van der Waals surface area contributed by atoms with Gasteiger partial charge in [0.2, 0.25) is 0 Å². The molecular weight excluding hydrogens is 242 g/mol. The number of hydrogen-bond donors (Lipinski definition) is 1. The summed E-state index contributed by atoms with van der Waals surface area (Å²) in [5.41, 5.74) is 1.06. The number of aryl methyl sites for hydroxylation is 1. The molecule has 0 atom stereocenters. The Bertz CT molecular complexity index is 563. The van der Waals surface area contributed by atoms with Crippen molar-refractivity contribution in [3.8, 4) is 11.3 Å². The summed E-state index contributed by atoms with van der Waals surface area (Å²) in [5, 5.41) is 13.5. The lowest BCUT2D eigenvalue weighted by atomic mass is 10.1. The lowest BCUT2D eigenvalue weighted by molar-refractivity contribution is 0.0695. The van der Waals surface area contributed by atoms with Crippen LogP contribution in [0.25, 0.3) is 11.3 Å².